The summed E-state index contributed by atoms with van der Waals surface area (Å²) in [6, 6.07) is 0.0826. The van der Waals surface area contributed by atoms with Gasteiger partial charge >= 0.3 is 0 Å². The summed E-state index contributed by atoms with van der Waals surface area (Å²) in [4.78, 5) is 33.2. The van der Waals surface area contributed by atoms with Crippen LogP contribution in [0.25, 0.3) is 0 Å². The molecule has 2 amide bonds. The van der Waals surface area contributed by atoms with Crippen molar-refractivity contribution in [1.29, 1.82) is 0 Å². The highest BCUT2D eigenvalue weighted by Crippen LogP contribution is 2.11. The van der Waals surface area contributed by atoms with E-state index < -0.39 is 0 Å². The quantitative estimate of drug-likeness (QED) is 0.821. The highest BCUT2D eigenvalue weighted by atomic mass is 35.5. The number of hydrogen-bond acceptors (Lipinski definition) is 5. The molecule has 0 atom stereocenters. The van der Waals surface area contributed by atoms with Crippen molar-refractivity contribution in [3.8, 4) is 0 Å². The van der Waals surface area contributed by atoms with E-state index in [4.69, 9.17) is 11.6 Å². The largest absolute Gasteiger partial charge is 0.358 e. The molecule has 0 spiro atoms. The van der Waals surface area contributed by atoms with E-state index in [0.717, 1.165) is 25.9 Å². The number of halogens is 1. The summed E-state index contributed by atoms with van der Waals surface area (Å²) in [5, 5.41) is 5.72. The minimum atomic E-state index is -0.269. The van der Waals surface area contributed by atoms with Gasteiger partial charge in [-0.1, -0.05) is 11.6 Å². The number of nitrogens with zero attached hydrogens (tertiary/aromatic N) is 3. The summed E-state index contributed by atoms with van der Waals surface area (Å²) in [6.07, 6.45) is 4.38. The average molecular weight is 312 g/mol. The van der Waals surface area contributed by atoms with Crippen molar-refractivity contribution >= 4 is 23.4 Å². The lowest BCUT2D eigenvalue weighted by molar-refractivity contribution is -0.122. The molecule has 0 saturated carbocycles. The topological polar surface area (TPSA) is 87.2 Å². The number of carbonyl (C=O) groups excluding carboxylic acids is 2. The van der Waals surface area contributed by atoms with Gasteiger partial charge in [0, 0.05) is 26.2 Å². The summed E-state index contributed by atoms with van der Waals surface area (Å²) in [5.41, 5.74) is 0.218. The van der Waals surface area contributed by atoms with Crippen molar-refractivity contribution in [2.75, 3.05) is 26.7 Å². The van der Waals surface area contributed by atoms with Gasteiger partial charge in [0.05, 0.1) is 18.9 Å². The molecular formula is C13H18ClN5O2. The van der Waals surface area contributed by atoms with E-state index in [1.807, 2.05) is 0 Å². The maximum Gasteiger partial charge on any atom is 0.271 e. The van der Waals surface area contributed by atoms with Crippen LogP contribution in [-0.4, -0.2) is 59.4 Å². The fourth-order valence-corrected chi connectivity index (χ4v) is 2.38. The Morgan fingerprint density at radius 2 is 2.10 bits per heavy atom. The molecule has 1 aromatic heterocycles. The lowest BCUT2D eigenvalue weighted by atomic mass is 10.0. The lowest BCUT2D eigenvalue weighted by Crippen LogP contribution is -2.47. The first kappa shape index (κ1) is 15.7. The normalized spacial score (nSPS) is 16.5. The third-order valence-corrected chi connectivity index (χ3v) is 3.59. The smallest absolute Gasteiger partial charge is 0.271 e. The molecule has 1 aliphatic rings. The fourth-order valence-electron chi connectivity index (χ4n) is 2.23. The number of likely N-dealkylation sites (N-methyl/N-ethyl adjacent to an activating group) is 1. The van der Waals surface area contributed by atoms with E-state index >= 15 is 0 Å². The number of hydrogen-bond donors (Lipinski definition) is 2. The molecule has 2 heterocycles. The average Bonchev–Trinajstić information content (AvgIpc) is 2.49. The lowest BCUT2D eigenvalue weighted by Gasteiger charge is -2.31. The number of rotatable bonds is 4. The molecule has 0 radical (unpaired) electrons. The van der Waals surface area contributed by atoms with Crippen LogP contribution in [0.4, 0.5) is 0 Å². The van der Waals surface area contributed by atoms with Gasteiger partial charge in [-0.15, -0.1) is 0 Å². The van der Waals surface area contributed by atoms with Gasteiger partial charge in [0.25, 0.3) is 5.91 Å². The summed E-state index contributed by atoms with van der Waals surface area (Å²) < 4.78 is 0. The summed E-state index contributed by atoms with van der Waals surface area (Å²) >= 11 is 5.71. The van der Waals surface area contributed by atoms with Crippen LogP contribution in [0, 0.1) is 0 Å². The third-order valence-electron chi connectivity index (χ3n) is 3.41. The van der Waals surface area contributed by atoms with Gasteiger partial charge < -0.3 is 10.6 Å². The van der Waals surface area contributed by atoms with Crippen LogP contribution >= 0.6 is 11.6 Å². The first-order valence-electron chi connectivity index (χ1n) is 6.80. The van der Waals surface area contributed by atoms with Crippen molar-refractivity contribution in [2.45, 2.75) is 18.9 Å². The second-order valence-corrected chi connectivity index (χ2v) is 5.31. The van der Waals surface area contributed by atoms with Crippen LogP contribution in [0.15, 0.2) is 12.4 Å². The Balaban J connectivity index is 1.81. The molecule has 0 bridgehead atoms. The van der Waals surface area contributed by atoms with Crippen molar-refractivity contribution in [3.05, 3.63) is 23.2 Å². The maximum atomic E-state index is 12.0. The van der Waals surface area contributed by atoms with Crippen LogP contribution in [0.1, 0.15) is 23.3 Å². The van der Waals surface area contributed by atoms with Crippen molar-refractivity contribution in [3.63, 3.8) is 0 Å². The second kappa shape index (κ2) is 7.33. The molecule has 7 nitrogen and oxygen atoms in total. The summed E-state index contributed by atoms with van der Waals surface area (Å²) in [7, 11) is 1.63. The number of aromatic nitrogens is 2. The Labute approximate surface area is 128 Å². The van der Waals surface area contributed by atoms with Crippen LogP contribution < -0.4 is 10.6 Å². The number of nitrogens with one attached hydrogen (secondary N) is 2. The molecule has 1 aliphatic heterocycles. The number of carbonyl (C=O) groups is 2. The van der Waals surface area contributed by atoms with Gasteiger partial charge in [0.2, 0.25) is 5.91 Å². The van der Waals surface area contributed by atoms with Crippen LogP contribution in [0.5, 0.6) is 0 Å². The Morgan fingerprint density at radius 1 is 1.38 bits per heavy atom. The van der Waals surface area contributed by atoms with Gasteiger partial charge in [-0.25, -0.2) is 4.98 Å². The minimum Gasteiger partial charge on any atom is -0.358 e. The predicted molar refractivity (Wildman–Crippen MR) is 78.0 cm³/mol. The molecular weight excluding hydrogens is 294 g/mol. The third kappa shape index (κ3) is 4.64. The van der Waals surface area contributed by atoms with E-state index in [1.54, 1.807) is 7.05 Å². The van der Waals surface area contributed by atoms with Crippen LogP contribution in [0.2, 0.25) is 5.15 Å². The zero-order valence-corrected chi connectivity index (χ0v) is 12.6. The van der Waals surface area contributed by atoms with Crippen molar-refractivity contribution in [2.24, 2.45) is 0 Å². The van der Waals surface area contributed by atoms with E-state index in [2.05, 4.69) is 25.5 Å². The van der Waals surface area contributed by atoms with E-state index in [1.165, 1.54) is 12.4 Å². The molecule has 0 unspecified atom stereocenters. The Hall–Kier alpha value is -1.73. The Bertz CT molecular complexity index is 517. The zero-order valence-electron chi connectivity index (χ0n) is 11.8. The zero-order chi connectivity index (χ0) is 15.2. The molecule has 2 rings (SSSR count). The number of amides is 2. The predicted octanol–water partition coefficient (Wildman–Crippen LogP) is 0.0702. The van der Waals surface area contributed by atoms with Gasteiger partial charge in [-0.3, -0.25) is 19.5 Å². The highest BCUT2D eigenvalue weighted by molar-refractivity contribution is 6.29. The molecule has 1 saturated heterocycles. The monoisotopic (exact) mass is 311 g/mol. The summed E-state index contributed by atoms with van der Waals surface area (Å²) in [5.74, 6) is -0.263. The molecule has 8 heteroatoms. The maximum absolute atomic E-state index is 12.0. The Kier molecular flexibility index (Phi) is 5.46. The van der Waals surface area contributed by atoms with Crippen LogP contribution in [-0.2, 0) is 4.79 Å². The highest BCUT2D eigenvalue weighted by Gasteiger charge is 2.22. The molecule has 1 aromatic rings. The number of likely N-dealkylation sites (tertiary alicyclic amines) is 1. The molecule has 2 N–H and O–H groups in total. The SMILES string of the molecule is CNC(=O)CN1CCC(NC(=O)c2cncc(Cl)n2)CC1. The van der Waals surface area contributed by atoms with Gasteiger partial charge in [0.1, 0.15) is 10.8 Å². The molecule has 1 fully saturated rings. The van der Waals surface area contributed by atoms with E-state index in [0.29, 0.717) is 6.54 Å². The minimum absolute atomic E-state index is 0.00619. The van der Waals surface area contributed by atoms with Crippen LogP contribution in [0.3, 0.4) is 0 Å². The fraction of sp³-hybridized carbons (Fsp3) is 0.538. The standard InChI is InChI=1S/C13H18ClN5O2/c1-15-12(20)8-19-4-2-9(3-5-19)17-13(21)10-6-16-7-11(14)18-10/h6-7,9H,2-5,8H2,1H3,(H,15,20)(H,17,21). The van der Waals surface area contributed by atoms with E-state index in [-0.39, 0.29) is 28.7 Å². The second-order valence-electron chi connectivity index (χ2n) is 4.92. The van der Waals surface area contributed by atoms with Gasteiger partial charge in [0.15, 0.2) is 0 Å². The van der Waals surface area contributed by atoms with E-state index in [9.17, 15) is 9.59 Å². The Morgan fingerprint density at radius 3 is 2.71 bits per heavy atom. The first-order chi connectivity index (χ1) is 10.1. The molecule has 114 valence electrons. The van der Waals surface area contributed by atoms with Crippen molar-refractivity contribution in [1.82, 2.24) is 25.5 Å². The first-order valence-corrected chi connectivity index (χ1v) is 7.17. The molecule has 0 aromatic carbocycles. The number of piperidine rings is 1. The van der Waals surface area contributed by atoms with Gasteiger partial charge in [-0.2, -0.15) is 0 Å². The summed E-state index contributed by atoms with van der Waals surface area (Å²) in [6.45, 7) is 1.95. The molecule has 21 heavy (non-hydrogen) atoms. The van der Waals surface area contributed by atoms with Gasteiger partial charge in [-0.05, 0) is 12.8 Å². The molecule has 0 aliphatic carbocycles. The van der Waals surface area contributed by atoms with Crippen molar-refractivity contribution < 1.29 is 9.59 Å².